The molecule has 0 fully saturated rings. The van der Waals surface area contributed by atoms with E-state index < -0.39 is 0 Å². The fourth-order valence-corrected chi connectivity index (χ4v) is 4.36. The fourth-order valence-electron chi connectivity index (χ4n) is 3.46. The Morgan fingerprint density at radius 3 is 2.96 bits per heavy atom. The van der Waals surface area contributed by atoms with Crippen LogP contribution in [0.4, 0.5) is 16.6 Å². The third-order valence-electron chi connectivity index (χ3n) is 4.87. The molecule has 0 saturated heterocycles. The lowest BCUT2D eigenvalue weighted by atomic mass is 9.97. The van der Waals surface area contributed by atoms with E-state index in [2.05, 4.69) is 56.4 Å². The molecule has 7 heteroatoms. The van der Waals surface area contributed by atoms with Crippen molar-refractivity contribution in [2.24, 2.45) is 0 Å². The number of para-hydroxylation sites is 1. The minimum Gasteiger partial charge on any atom is -0.367 e. The van der Waals surface area contributed by atoms with Gasteiger partial charge in [-0.25, -0.2) is 9.97 Å². The third-order valence-corrected chi connectivity index (χ3v) is 6.09. The number of benzene rings is 1. The van der Waals surface area contributed by atoms with Crippen molar-refractivity contribution in [1.82, 2.24) is 15.0 Å². The predicted molar refractivity (Wildman–Crippen MR) is 110 cm³/mol. The first-order valence-corrected chi connectivity index (χ1v) is 9.82. The van der Waals surface area contributed by atoms with E-state index in [1.54, 1.807) is 17.7 Å². The standard InChI is InChI=1S/C19H24N6S/c1-13-8-9-14-6-4-5-7-15(14)25(13)11-10-20-17-16-18(22-12-21-17)23-19(26-16)24(2)3/h4-7,12-13H,8-11H2,1-3H3,(H,20,21,22). The molecule has 1 unspecified atom stereocenters. The van der Waals surface area contributed by atoms with Crippen molar-refractivity contribution >= 4 is 38.3 Å². The van der Waals surface area contributed by atoms with Crippen LogP contribution in [0.5, 0.6) is 0 Å². The molecule has 0 spiro atoms. The Kier molecular flexibility index (Phi) is 4.63. The molecule has 136 valence electrons. The summed E-state index contributed by atoms with van der Waals surface area (Å²) in [7, 11) is 3.99. The quantitative estimate of drug-likeness (QED) is 0.745. The number of hydrogen-bond donors (Lipinski definition) is 1. The Morgan fingerprint density at radius 2 is 2.12 bits per heavy atom. The molecule has 6 nitrogen and oxygen atoms in total. The Balaban J connectivity index is 1.49. The third kappa shape index (κ3) is 3.19. The van der Waals surface area contributed by atoms with Gasteiger partial charge in [-0.1, -0.05) is 29.5 Å². The number of nitrogens with one attached hydrogen (secondary N) is 1. The largest absolute Gasteiger partial charge is 0.367 e. The molecular formula is C19H24N6S. The van der Waals surface area contributed by atoms with Crippen LogP contribution in [0.25, 0.3) is 10.3 Å². The molecule has 4 rings (SSSR count). The van der Waals surface area contributed by atoms with Crippen LogP contribution >= 0.6 is 11.3 Å². The van der Waals surface area contributed by atoms with Crippen LogP contribution in [0.3, 0.4) is 0 Å². The lowest BCUT2D eigenvalue weighted by Gasteiger charge is -2.37. The van der Waals surface area contributed by atoms with E-state index in [1.165, 1.54) is 24.1 Å². The SMILES string of the molecule is CC1CCc2ccccc2N1CCNc1ncnc2nc(N(C)C)sc12. The predicted octanol–water partition coefficient (Wildman–Crippen LogP) is 3.41. The zero-order valence-electron chi connectivity index (χ0n) is 15.4. The minimum atomic E-state index is 0.556. The summed E-state index contributed by atoms with van der Waals surface area (Å²) >= 11 is 1.62. The van der Waals surface area contributed by atoms with Crippen LogP contribution in [0, 0.1) is 0 Å². The van der Waals surface area contributed by atoms with E-state index in [-0.39, 0.29) is 0 Å². The molecule has 3 heterocycles. The van der Waals surface area contributed by atoms with Crippen LogP contribution in [0.15, 0.2) is 30.6 Å². The smallest absolute Gasteiger partial charge is 0.187 e. The van der Waals surface area contributed by atoms with E-state index in [0.29, 0.717) is 6.04 Å². The first-order chi connectivity index (χ1) is 12.6. The van der Waals surface area contributed by atoms with Crippen LogP contribution < -0.4 is 15.1 Å². The first kappa shape index (κ1) is 17.0. The van der Waals surface area contributed by atoms with Crippen molar-refractivity contribution in [3.63, 3.8) is 0 Å². The molecule has 0 saturated carbocycles. The van der Waals surface area contributed by atoms with Crippen molar-refractivity contribution in [3.8, 4) is 0 Å². The van der Waals surface area contributed by atoms with Crippen molar-refractivity contribution < 1.29 is 0 Å². The molecule has 1 aromatic carbocycles. The molecule has 0 amide bonds. The average Bonchev–Trinajstić information content (AvgIpc) is 3.09. The fraction of sp³-hybridized carbons (Fsp3) is 0.421. The molecule has 26 heavy (non-hydrogen) atoms. The van der Waals surface area contributed by atoms with E-state index >= 15 is 0 Å². The average molecular weight is 369 g/mol. The zero-order chi connectivity index (χ0) is 18.1. The summed E-state index contributed by atoms with van der Waals surface area (Å²) in [5.41, 5.74) is 3.58. The van der Waals surface area contributed by atoms with Gasteiger partial charge in [-0.05, 0) is 31.4 Å². The number of nitrogens with zero attached hydrogens (tertiary/aromatic N) is 5. The first-order valence-electron chi connectivity index (χ1n) is 9.01. The topological polar surface area (TPSA) is 57.2 Å². The maximum absolute atomic E-state index is 4.56. The summed E-state index contributed by atoms with van der Waals surface area (Å²) < 4.78 is 1.02. The number of aromatic nitrogens is 3. The number of thiazole rings is 1. The van der Waals surface area contributed by atoms with Gasteiger partial charge in [0, 0.05) is 38.9 Å². The second kappa shape index (κ2) is 7.07. The lowest BCUT2D eigenvalue weighted by Crippen LogP contribution is -2.40. The number of hydrogen-bond acceptors (Lipinski definition) is 7. The number of aryl methyl sites for hydroxylation is 1. The summed E-state index contributed by atoms with van der Waals surface area (Å²) in [6.07, 6.45) is 3.96. The van der Waals surface area contributed by atoms with Gasteiger partial charge in [-0.15, -0.1) is 0 Å². The van der Waals surface area contributed by atoms with Gasteiger partial charge in [0.25, 0.3) is 0 Å². The number of rotatable bonds is 5. The highest BCUT2D eigenvalue weighted by Gasteiger charge is 2.22. The summed E-state index contributed by atoms with van der Waals surface area (Å²) in [6, 6.07) is 9.30. The number of anilines is 3. The van der Waals surface area contributed by atoms with E-state index in [1.807, 2.05) is 19.0 Å². The van der Waals surface area contributed by atoms with Gasteiger partial charge in [-0.3, -0.25) is 0 Å². The Hall–Kier alpha value is -2.41. The van der Waals surface area contributed by atoms with Crippen molar-refractivity contribution in [3.05, 3.63) is 36.2 Å². The molecule has 1 aliphatic rings. The Labute approximate surface area is 157 Å². The number of fused-ring (bicyclic) bond motifs is 2. The van der Waals surface area contributed by atoms with Gasteiger partial charge >= 0.3 is 0 Å². The van der Waals surface area contributed by atoms with Crippen molar-refractivity contribution in [2.75, 3.05) is 42.3 Å². The van der Waals surface area contributed by atoms with Gasteiger partial charge in [0.1, 0.15) is 16.8 Å². The summed E-state index contributed by atoms with van der Waals surface area (Å²) in [5.74, 6) is 0.874. The van der Waals surface area contributed by atoms with Crippen LogP contribution in [-0.2, 0) is 6.42 Å². The molecule has 0 bridgehead atoms. The maximum Gasteiger partial charge on any atom is 0.187 e. The highest BCUT2D eigenvalue weighted by Crippen LogP contribution is 2.32. The van der Waals surface area contributed by atoms with Gasteiger partial charge in [0.05, 0.1) is 0 Å². The minimum absolute atomic E-state index is 0.556. The Morgan fingerprint density at radius 1 is 1.27 bits per heavy atom. The summed E-state index contributed by atoms with van der Waals surface area (Å²) in [6.45, 7) is 4.09. The lowest BCUT2D eigenvalue weighted by molar-refractivity contribution is 0.567. The van der Waals surface area contributed by atoms with Crippen molar-refractivity contribution in [2.45, 2.75) is 25.8 Å². The molecule has 2 aromatic heterocycles. The van der Waals surface area contributed by atoms with E-state index in [4.69, 9.17) is 0 Å². The normalized spacial score (nSPS) is 16.6. The molecule has 0 aliphatic carbocycles. The van der Waals surface area contributed by atoms with Gasteiger partial charge < -0.3 is 15.1 Å². The van der Waals surface area contributed by atoms with Gasteiger partial charge in [-0.2, -0.15) is 4.98 Å². The highest BCUT2D eigenvalue weighted by molar-refractivity contribution is 7.22. The van der Waals surface area contributed by atoms with Crippen LogP contribution in [-0.4, -0.2) is 48.2 Å². The molecule has 3 aromatic rings. The van der Waals surface area contributed by atoms with E-state index in [9.17, 15) is 0 Å². The molecule has 1 aliphatic heterocycles. The van der Waals surface area contributed by atoms with E-state index in [0.717, 1.165) is 34.4 Å². The van der Waals surface area contributed by atoms with Crippen molar-refractivity contribution in [1.29, 1.82) is 0 Å². The second-order valence-electron chi connectivity index (χ2n) is 6.90. The molecule has 1 atom stereocenters. The monoisotopic (exact) mass is 368 g/mol. The zero-order valence-corrected chi connectivity index (χ0v) is 16.3. The second-order valence-corrected chi connectivity index (χ2v) is 7.88. The molecule has 0 radical (unpaired) electrons. The Bertz CT molecular complexity index is 906. The molecular weight excluding hydrogens is 344 g/mol. The maximum atomic E-state index is 4.56. The van der Waals surface area contributed by atoms with Gasteiger partial charge in [0.15, 0.2) is 10.8 Å². The summed E-state index contributed by atoms with van der Waals surface area (Å²) in [4.78, 5) is 17.8. The summed E-state index contributed by atoms with van der Waals surface area (Å²) in [5, 5.41) is 4.44. The van der Waals surface area contributed by atoms with Gasteiger partial charge in [0.2, 0.25) is 0 Å². The van der Waals surface area contributed by atoms with Crippen LogP contribution in [0.2, 0.25) is 0 Å². The molecule has 1 N–H and O–H groups in total. The highest BCUT2D eigenvalue weighted by atomic mass is 32.1. The van der Waals surface area contributed by atoms with Crippen LogP contribution in [0.1, 0.15) is 18.9 Å².